The van der Waals surface area contributed by atoms with E-state index in [1.165, 1.54) is 19.3 Å². The number of amides is 1. The Bertz CT molecular complexity index is 876. The Hall–Kier alpha value is -3.03. The summed E-state index contributed by atoms with van der Waals surface area (Å²) in [6.07, 6.45) is 6.20. The van der Waals surface area contributed by atoms with Gasteiger partial charge in [0.1, 0.15) is 6.10 Å². The predicted octanol–water partition coefficient (Wildman–Crippen LogP) is 3.17. The summed E-state index contributed by atoms with van der Waals surface area (Å²) in [6.45, 7) is 2.65. The summed E-state index contributed by atoms with van der Waals surface area (Å²) in [5, 5.41) is 8.62. The molecule has 0 radical (unpaired) electrons. The number of hydrogen-bond donors (Lipinski definition) is 0. The van der Waals surface area contributed by atoms with Crippen LogP contribution < -0.4 is 19.1 Å². The SMILES string of the molecule is COc1ccc(C(=O)N2CCN(c3ccc(OC4CCCCC4)nn3)CC2)cc1OC. The lowest BCUT2D eigenvalue weighted by atomic mass is 9.98. The van der Waals surface area contributed by atoms with Crippen LogP contribution in [0.15, 0.2) is 30.3 Å². The molecule has 0 spiro atoms. The van der Waals surface area contributed by atoms with E-state index in [-0.39, 0.29) is 12.0 Å². The van der Waals surface area contributed by atoms with Crippen LogP contribution in [0.2, 0.25) is 0 Å². The molecule has 8 nitrogen and oxygen atoms in total. The molecule has 8 heteroatoms. The molecule has 166 valence electrons. The predicted molar refractivity (Wildman–Crippen MR) is 117 cm³/mol. The Morgan fingerprint density at radius 3 is 2.29 bits per heavy atom. The monoisotopic (exact) mass is 426 g/mol. The molecule has 1 amide bonds. The Morgan fingerprint density at radius 2 is 1.65 bits per heavy atom. The molecule has 0 atom stereocenters. The number of ether oxygens (including phenoxy) is 3. The Labute approximate surface area is 183 Å². The van der Waals surface area contributed by atoms with Gasteiger partial charge in [0.2, 0.25) is 5.88 Å². The van der Waals surface area contributed by atoms with Gasteiger partial charge in [-0.25, -0.2) is 0 Å². The van der Waals surface area contributed by atoms with Gasteiger partial charge in [-0.3, -0.25) is 4.79 Å². The highest BCUT2D eigenvalue weighted by atomic mass is 16.5. The van der Waals surface area contributed by atoms with Crippen molar-refractivity contribution in [2.45, 2.75) is 38.2 Å². The molecule has 31 heavy (non-hydrogen) atoms. The van der Waals surface area contributed by atoms with Gasteiger partial charge in [-0.15, -0.1) is 10.2 Å². The molecule has 2 fully saturated rings. The molecule has 4 rings (SSSR count). The molecule has 1 aromatic heterocycles. The molecule has 1 saturated carbocycles. The first-order valence-electron chi connectivity index (χ1n) is 10.9. The Balaban J connectivity index is 1.32. The van der Waals surface area contributed by atoms with Crippen molar-refractivity contribution < 1.29 is 19.0 Å². The molecular formula is C23H30N4O4. The second-order valence-electron chi connectivity index (χ2n) is 7.96. The van der Waals surface area contributed by atoms with Crippen molar-refractivity contribution in [1.82, 2.24) is 15.1 Å². The summed E-state index contributed by atoms with van der Waals surface area (Å²) >= 11 is 0. The molecule has 1 aromatic carbocycles. The lowest BCUT2D eigenvalue weighted by Gasteiger charge is -2.35. The summed E-state index contributed by atoms with van der Waals surface area (Å²) in [5.41, 5.74) is 0.593. The highest BCUT2D eigenvalue weighted by Gasteiger charge is 2.24. The summed E-state index contributed by atoms with van der Waals surface area (Å²) in [7, 11) is 3.15. The second kappa shape index (κ2) is 9.85. The van der Waals surface area contributed by atoms with Gasteiger partial charge in [-0.2, -0.15) is 0 Å². The van der Waals surface area contributed by atoms with Crippen LogP contribution in [0.1, 0.15) is 42.5 Å². The molecule has 2 aliphatic rings. The zero-order chi connectivity index (χ0) is 21.6. The molecule has 0 unspecified atom stereocenters. The third-order valence-corrected chi connectivity index (χ3v) is 5.99. The normalized spacial score (nSPS) is 17.4. The number of benzene rings is 1. The van der Waals surface area contributed by atoms with Crippen molar-refractivity contribution in [2.75, 3.05) is 45.3 Å². The molecule has 1 aliphatic carbocycles. The van der Waals surface area contributed by atoms with E-state index in [2.05, 4.69) is 15.1 Å². The fourth-order valence-corrected chi connectivity index (χ4v) is 4.19. The van der Waals surface area contributed by atoms with Crippen molar-refractivity contribution in [3.05, 3.63) is 35.9 Å². The Kier molecular flexibility index (Phi) is 6.74. The highest BCUT2D eigenvalue weighted by Crippen LogP contribution is 2.28. The number of piperazine rings is 1. The van der Waals surface area contributed by atoms with Crippen LogP contribution in [-0.4, -0.2) is 67.5 Å². The summed E-state index contributed by atoms with van der Waals surface area (Å²) < 4.78 is 16.5. The number of hydrogen-bond acceptors (Lipinski definition) is 7. The van der Waals surface area contributed by atoms with E-state index in [0.29, 0.717) is 49.1 Å². The summed E-state index contributed by atoms with van der Waals surface area (Å²) in [4.78, 5) is 16.9. The maximum Gasteiger partial charge on any atom is 0.254 e. The van der Waals surface area contributed by atoms with Crippen LogP contribution >= 0.6 is 0 Å². The summed E-state index contributed by atoms with van der Waals surface area (Å²) in [6, 6.07) is 9.11. The van der Waals surface area contributed by atoms with Crippen molar-refractivity contribution in [2.24, 2.45) is 0 Å². The van der Waals surface area contributed by atoms with Crippen LogP contribution in [0.25, 0.3) is 0 Å². The van der Waals surface area contributed by atoms with Gasteiger partial charge in [0.25, 0.3) is 5.91 Å². The number of carbonyl (C=O) groups excluding carboxylic acids is 1. The van der Waals surface area contributed by atoms with Crippen LogP contribution in [-0.2, 0) is 0 Å². The van der Waals surface area contributed by atoms with E-state index in [9.17, 15) is 4.79 Å². The van der Waals surface area contributed by atoms with Crippen molar-refractivity contribution in [3.8, 4) is 17.4 Å². The minimum atomic E-state index is -0.0112. The summed E-state index contributed by atoms with van der Waals surface area (Å²) in [5.74, 6) is 2.56. The third kappa shape index (κ3) is 5.00. The molecule has 2 heterocycles. The fourth-order valence-electron chi connectivity index (χ4n) is 4.19. The number of rotatable bonds is 6. The minimum Gasteiger partial charge on any atom is -0.493 e. The molecular weight excluding hydrogens is 396 g/mol. The molecule has 0 N–H and O–H groups in total. The zero-order valence-corrected chi connectivity index (χ0v) is 18.2. The van der Waals surface area contributed by atoms with Gasteiger partial charge in [0.15, 0.2) is 17.3 Å². The van der Waals surface area contributed by atoms with Crippen LogP contribution in [0.5, 0.6) is 17.4 Å². The van der Waals surface area contributed by atoms with E-state index >= 15 is 0 Å². The van der Waals surface area contributed by atoms with Crippen LogP contribution in [0.4, 0.5) is 5.82 Å². The second-order valence-corrected chi connectivity index (χ2v) is 7.96. The van der Waals surface area contributed by atoms with Gasteiger partial charge in [0, 0.05) is 37.8 Å². The first-order valence-corrected chi connectivity index (χ1v) is 10.9. The van der Waals surface area contributed by atoms with Crippen LogP contribution in [0.3, 0.4) is 0 Å². The van der Waals surface area contributed by atoms with Crippen LogP contribution in [0, 0.1) is 0 Å². The number of methoxy groups -OCH3 is 2. The van der Waals surface area contributed by atoms with Crippen molar-refractivity contribution >= 4 is 11.7 Å². The molecule has 1 aliphatic heterocycles. The molecule has 1 saturated heterocycles. The van der Waals surface area contributed by atoms with Gasteiger partial charge in [-0.1, -0.05) is 6.42 Å². The van der Waals surface area contributed by atoms with Gasteiger partial charge >= 0.3 is 0 Å². The van der Waals surface area contributed by atoms with E-state index in [1.807, 2.05) is 17.0 Å². The Morgan fingerprint density at radius 1 is 0.903 bits per heavy atom. The highest BCUT2D eigenvalue weighted by molar-refractivity contribution is 5.95. The first kappa shape index (κ1) is 21.2. The lowest BCUT2D eigenvalue weighted by Crippen LogP contribution is -2.49. The van der Waals surface area contributed by atoms with Gasteiger partial charge < -0.3 is 24.0 Å². The largest absolute Gasteiger partial charge is 0.493 e. The van der Waals surface area contributed by atoms with Gasteiger partial charge in [0.05, 0.1) is 14.2 Å². The standard InChI is InChI=1S/C23H30N4O4/c1-29-19-9-8-17(16-20(19)30-2)23(28)27-14-12-26(13-15-27)21-10-11-22(25-24-21)31-18-6-4-3-5-7-18/h8-11,16,18H,3-7,12-15H2,1-2H3. The van der Waals surface area contributed by atoms with Crippen molar-refractivity contribution in [1.29, 1.82) is 0 Å². The minimum absolute atomic E-state index is 0.0112. The number of carbonyl (C=O) groups is 1. The fraction of sp³-hybridized carbons (Fsp3) is 0.522. The van der Waals surface area contributed by atoms with E-state index in [4.69, 9.17) is 14.2 Å². The maximum atomic E-state index is 12.9. The number of nitrogens with zero attached hydrogens (tertiary/aromatic N) is 4. The topological polar surface area (TPSA) is 77.0 Å². The van der Waals surface area contributed by atoms with E-state index in [1.54, 1.807) is 32.4 Å². The maximum absolute atomic E-state index is 12.9. The number of anilines is 1. The zero-order valence-electron chi connectivity index (χ0n) is 18.2. The quantitative estimate of drug-likeness (QED) is 0.702. The van der Waals surface area contributed by atoms with E-state index < -0.39 is 0 Å². The van der Waals surface area contributed by atoms with Crippen molar-refractivity contribution in [3.63, 3.8) is 0 Å². The molecule has 0 bridgehead atoms. The first-order chi connectivity index (χ1) is 15.2. The smallest absolute Gasteiger partial charge is 0.254 e. The van der Waals surface area contributed by atoms with E-state index in [0.717, 1.165) is 18.7 Å². The average Bonchev–Trinajstić information content (AvgIpc) is 2.84. The molecule has 2 aromatic rings. The third-order valence-electron chi connectivity index (χ3n) is 5.99. The average molecular weight is 427 g/mol. The lowest BCUT2D eigenvalue weighted by molar-refractivity contribution is 0.0746. The number of aromatic nitrogens is 2. The van der Waals surface area contributed by atoms with Gasteiger partial charge in [-0.05, 0) is 49.9 Å².